The van der Waals surface area contributed by atoms with E-state index in [1.807, 2.05) is 31.2 Å². The summed E-state index contributed by atoms with van der Waals surface area (Å²) in [6, 6.07) is 8.21. The molecule has 0 radical (unpaired) electrons. The zero-order valence-corrected chi connectivity index (χ0v) is 14.6. The monoisotopic (exact) mass is 332 g/mol. The summed E-state index contributed by atoms with van der Waals surface area (Å²) in [7, 11) is 0. The second-order valence-corrected chi connectivity index (χ2v) is 6.52. The number of hydrogen-bond acceptors (Lipinski definition) is 4. The first-order chi connectivity index (χ1) is 11.8. The van der Waals surface area contributed by atoms with Gasteiger partial charge in [0.05, 0.1) is 6.61 Å². The molecule has 2 aliphatic rings. The molecule has 1 aromatic carbocycles. The summed E-state index contributed by atoms with van der Waals surface area (Å²) >= 11 is 0. The Morgan fingerprint density at radius 2 is 1.92 bits per heavy atom. The number of carbonyl (C=O) groups is 1. The van der Waals surface area contributed by atoms with E-state index in [-0.39, 0.29) is 0 Å². The molecule has 0 saturated carbocycles. The first-order valence-electron chi connectivity index (χ1n) is 9.14. The van der Waals surface area contributed by atoms with E-state index in [1.165, 1.54) is 0 Å². The fourth-order valence-corrected chi connectivity index (χ4v) is 3.67. The molecule has 0 aromatic heterocycles. The van der Waals surface area contributed by atoms with Crippen LogP contribution >= 0.6 is 0 Å². The predicted octanol–water partition coefficient (Wildman–Crippen LogP) is 2.55. The van der Waals surface area contributed by atoms with Crippen LogP contribution in [0.2, 0.25) is 0 Å². The van der Waals surface area contributed by atoms with Crippen LogP contribution in [0, 0.1) is 0 Å². The van der Waals surface area contributed by atoms with Gasteiger partial charge in [0, 0.05) is 32.1 Å². The molecule has 3 rings (SSSR count). The SMILES string of the molecule is CCOc1ccccc1OCCN1CCC[C@@H](N2CCCC2=O)C1. The lowest BCUT2D eigenvalue weighted by molar-refractivity contribution is -0.130. The van der Waals surface area contributed by atoms with Crippen LogP contribution in [0.1, 0.15) is 32.6 Å². The van der Waals surface area contributed by atoms with Crippen molar-refractivity contribution in [3.63, 3.8) is 0 Å². The molecule has 0 aliphatic carbocycles. The molecule has 132 valence electrons. The lowest BCUT2D eigenvalue weighted by Crippen LogP contribution is -2.49. The maximum absolute atomic E-state index is 11.9. The summed E-state index contributed by atoms with van der Waals surface area (Å²) in [5.41, 5.74) is 0. The number of ether oxygens (including phenoxy) is 2. The Morgan fingerprint density at radius 1 is 1.12 bits per heavy atom. The van der Waals surface area contributed by atoms with Gasteiger partial charge in [-0.2, -0.15) is 0 Å². The molecule has 0 unspecified atom stereocenters. The van der Waals surface area contributed by atoms with Gasteiger partial charge in [0.1, 0.15) is 6.61 Å². The minimum atomic E-state index is 0.337. The normalized spacial score (nSPS) is 22.0. The van der Waals surface area contributed by atoms with E-state index in [4.69, 9.17) is 9.47 Å². The number of amides is 1. The van der Waals surface area contributed by atoms with Crippen LogP contribution < -0.4 is 9.47 Å². The number of hydrogen-bond donors (Lipinski definition) is 0. The summed E-state index contributed by atoms with van der Waals surface area (Å²) in [6.07, 6.45) is 4.04. The van der Waals surface area contributed by atoms with E-state index in [2.05, 4.69) is 9.80 Å². The highest BCUT2D eigenvalue weighted by Crippen LogP contribution is 2.26. The van der Waals surface area contributed by atoms with Gasteiger partial charge in [-0.3, -0.25) is 9.69 Å². The quantitative estimate of drug-likeness (QED) is 0.769. The third-order valence-electron chi connectivity index (χ3n) is 4.85. The third kappa shape index (κ3) is 4.20. The highest BCUT2D eigenvalue weighted by molar-refractivity contribution is 5.78. The first kappa shape index (κ1) is 17.1. The van der Waals surface area contributed by atoms with Crippen LogP contribution in [-0.2, 0) is 4.79 Å². The van der Waals surface area contributed by atoms with E-state index in [0.29, 0.717) is 25.2 Å². The zero-order chi connectivity index (χ0) is 16.8. The number of piperidine rings is 1. The number of para-hydroxylation sites is 2. The molecule has 2 heterocycles. The molecule has 0 bridgehead atoms. The maximum atomic E-state index is 11.9. The van der Waals surface area contributed by atoms with Crippen molar-refractivity contribution < 1.29 is 14.3 Å². The Morgan fingerprint density at radius 3 is 2.62 bits per heavy atom. The van der Waals surface area contributed by atoms with Crippen LogP contribution in [0.5, 0.6) is 11.5 Å². The van der Waals surface area contributed by atoms with Crippen molar-refractivity contribution in [2.45, 2.75) is 38.6 Å². The van der Waals surface area contributed by atoms with Gasteiger partial charge in [-0.15, -0.1) is 0 Å². The third-order valence-corrected chi connectivity index (χ3v) is 4.85. The average molecular weight is 332 g/mol. The molecule has 0 N–H and O–H groups in total. The molecular weight excluding hydrogens is 304 g/mol. The highest BCUT2D eigenvalue weighted by atomic mass is 16.5. The molecule has 2 saturated heterocycles. The van der Waals surface area contributed by atoms with Gasteiger partial charge in [0.15, 0.2) is 11.5 Å². The zero-order valence-electron chi connectivity index (χ0n) is 14.6. The van der Waals surface area contributed by atoms with Crippen LogP contribution in [0.3, 0.4) is 0 Å². The van der Waals surface area contributed by atoms with E-state index < -0.39 is 0 Å². The molecular formula is C19H28N2O3. The predicted molar refractivity (Wildman–Crippen MR) is 93.5 cm³/mol. The van der Waals surface area contributed by atoms with Crippen molar-refractivity contribution in [3.05, 3.63) is 24.3 Å². The number of nitrogens with zero attached hydrogens (tertiary/aromatic N) is 2. The van der Waals surface area contributed by atoms with Gasteiger partial charge in [0.2, 0.25) is 5.91 Å². The van der Waals surface area contributed by atoms with Crippen molar-refractivity contribution >= 4 is 5.91 Å². The summed E-state index contributed by atoms with van der Waals surface area (Å²) in [6.45, 7) is 7.15. The smallest absolute Gasteiger partial charge is 0.222 e. The van der Waals surface area contributed by atoms with Gasteiger partial charge in [-0.25, -0.2) is 0 Å². The Hall–Kier alpha value is -1.75. The van der Waals surface area contributed by atoms with Crippen LogP contribution in [0.25, 0.3) is 0 Å². The summed E-state index contributed by atoms with van der Waals surface area (Å²) in [5.74, 6) is 1.95. The molecule has 1 atom stereocenters. The van der Waals surface area contributed by atoms with Gasteiger partial charge < -0.3 is 14.4 Å². The fourth-order valence-electron chi connectivity index (χ4n) is 3.67. The van der Waals surface area contributed by atoms with E-state index >= 15 is 0 Å². The number of carbonyl (C=O) groups excluding carboxylic acids is 1. The van der Waals surface area contributed by atoms with Crippen molar-refractivity contribution in [2.75, 3.05) is 39.4 Å². The van der Waals surface area contributed by atoms with Crippen molar-refractivity contribution in [1.82, 2.24) is 9.80 Å². The first-order valence-corrected chi connectivity index (χ1v) is 9.14. The molecule has 5 nitrogen and oxygen atoms in total. The minimum Gasteiger partial charge on any atom is -0.490 e. The maximum Gasteiger partial charge on any atom is 0.222 e. The molecule has 2 fully saturated rings. The number of benzene rings is 1. The van der Waals surface area contributed by atoms with Gasteiger partial charge in [0.25, 0.3) is 0 Å². The van der Waals surface area contributed by atoms with E-state index in [0.717, 1.165) is 63.4 Å². The molecule has 0 spiro atoms. The standard InChI is InChI=1S/C19H28N2O3/c1-2-23-17-8-3-4-9-18(17)24-14-13-20-11-5-7-16(15-20)21-12-6-10-19(21)22/h3-4,8-9,16H,2,5-7,10-15H2,1H3/t16-/m1/s1. The Balaban J connectivity index is 1.47. The van der Waals surface area contributed by atoms with E-state index in [1.54, 1.807) is 0 Å². The van der Waals surface area contributed by atoms with E-state index in [9.17, 15) is 4.79 Å². The Bertz CT molecular complexity index is 549. The van der Waals surface area contributed by atoms with Gasteiger partial charge in [-0.05, 0) is 44.9 Å². The topological polar surface area (TPSA) is 42.0 Å². The highest BCUT2D eigenvalue weighted by Gasteiger charge is 2.31. The van der Waals surface area contributed by atoms with Crippen molar-refractivity contribution in [2.24, 2.45) is 0 Å². The summed E-state index contributed by atoms with van der Waals surface area (Å²) < 4.78 is 11.5. The molecule has 24 heavy (non-hydrogen) atoms. The summed E-state index contributed by atoms with van der Waals surface area (Å²) in [5, 5.41) is 0. The minimum absolute atomic E-state index is 0.337. The number of rotatable bonds is 7. The molecule has 2 aliphatic heterocycles. The molecule has 5 heteroatoms. The van der Waals surface area contributed by atoms with Crippen LogP contribution in [0.15, 0.2) is 24.3 Å². The van der Waals surface area contributed by atoms with Gasteiger partial charge >= 0.3 is 0 Å². The largest absolute Gasteiger partial charge is 0.490 e. The molecule has 1 aromatic rings. The van der Waals surface area contributed by atoms with Crippen LogP contribution in [-0.4, -0.2) is 61.1 Å². The lowest BCUT2D eigenvalue weighted by atomic mass is 10.0. The number of likely N-dealkylation sites (tertiary alicyclic amines) is 2. The second-order valence-electron chi connectivity index (χ2n) is 6.52. The van der Waals surface area contributed by atoms with Crippen molar-refractivity contribution in [3.8, 4) is 11.5 Å². The fraction of sp³-hybridized carbons (Fsp3) is 0.632. The van der Waals surface area contributed by atoms with Crippen LogP contribution in [0.4, 0.5) is 0 Å². The summed E-state index contributed by atoms with van der Waals surface area (Å²) in [4.78, 5) is 16.5. The average Bonchev–Trinajstić information content (AvgIpc) is 3.03. The second kappa shape index (κ2) is 8.38. The Labute approximate surface area is 144 Å². The lowest BCUT2D eigenvalue weighted by Gasteiger charge is -2.37. The van der Waals surface area contributed by atoms with Crippen molar-refractivity contribution in [1.29, 1.82) is 0 Å². The van der Waals surface area contributed by atoms with Gasteiger partial charge in [-0.1, -0.05) is 12.1 Å². The molecule has 1 amide bonds. The Kier molecular flexibility index (Phi) is 5.96.